The minimum Gasteiger partial charge on any atom is -0.481 e. The highest BCUT2D eigenvalue weighted by Gasteiger charge is 2.29. The van der Waals surface area contributed by atoms with Crippen molar-refractivity contribution in [3.8, 4) is 0 Å². The minimum atomic E-state index is -0.807. The molecular weight excluding hydrogens is 338 g/mol. The van der Waals surface area contributed by atoms with Crippen molar-refractivity contribution in [2.24, 2.45) is 0 Å². The molecule has 1 saturated heterocycles. The first-order chi connectivity index (χ1) is 11.9. The van der Waals surface area contributed by atoms with Crippen LogP contribution in [0.3, 0.4) is 0 Å². The third-order valence-corrected chi connectivity index (χ3v) is 5.54. The predicted molar refractivity (Wildman–Crippen MR) is 103 cm³/mol. The van der Waals surface area contributed by atoms with Crippen LogP contribution in [0.4, 0.5) is 0 Å². The molecule has 2 atom stereocenters. The predicted octanol–water partition coefficient (Wildman–Crippen LogP) is 3.46. The number of aliphatic hydroxyl groups is 1. The number of rotatable bonds is 13. The molecule has 1 aliphatic heterocycles. The fourth-order valence-electron chi connectivity index (χ4n) is 2.97. The zero-order valence-corrected chi connectivity index (χ0v) is 16.4. The number of unbranched alkanes of at least 4 members (excludes halogenated alkanes) is 2. The number of carbonyl (C=O) groups is 2. The minimum absolute atomic E-state index is 0.0739. The molecule has 1 fully saturated rings. The monoisotopic (exact) mass is 371 g/mol. The topological polar surface area (TPSA) is 77.8 Å². The number of thioether (sulfide) groups is 1. The number of hydrogen-bond donors (Lipinski definition) is 2. The first-order valence-corrected chi connectivity index (χ1v) is 10.5. The lowest BCUT2D eigenvalue weighted by Crippen LogP contribution is -2.34. The number of likely N-dealkylation sites (tertiary alicyclic amines) is 1. The van der Waals surface area contributed by atoms with Crippen LogP contribution >= 0.6 is 11.8 Å². The third kappa shape index (κ3) is 9.31. The van der Waals surface area contributed by atoms with Gasteiger partial charge in [0.15, 0.2) is 0 Å². The normalized spacial score (nSPS) is 20.4. The molecule has 1 aliphatic rings. The van der Waals surface area contributed by atoms with Gasteiger partial charge in [0.05, 0.1) is 11.6 Å². The molecule has 2 N–H and O–H groups in total. The summed E-state index contributed by atoms with van der Waals surface area (Å²) in [5.41, 5.74) is -0.807. The van der Waals surface area contributed by atoms with Crippen LogP contribution in [0.25, 0.3) is 0 Å². The average molecular weight is 372 g/mol. The van der Waals surface area contributed by atoms with Crippen LogP contribution in [-0.2, 0) is 9.59 Å². The first kappa shape index (κ1) is 22.0. The van der Waals surface area contributed by atoms with Crippen molar-refractivity contribution in [1.29, 1.82) is 0 Å². The fraction of sp³-hybridized carbons (Fsp3) is 0.789. The molecule has 25 heavy (non-hydrogen) atoms. The molecule has 0 radical (unpaired) electrons. The van der Waals surface area contributed by atoms with Crippen molar-refractivity contribution >= 4 is 23.6 Å². The Balaban J connectivity index is 2.38. The number of carboxylic acids is 1. The Hall–Kier alpha value is -1.01. The van der Waals surface area contributed by atoms with Crippen molar-refractivity contribution in [3.05, 3.63) is 12.2 Å². The van der Waals surface area contributed by atoms with E-state index < -0.39 is 11.6 Å². The van der Waals surface area contributed by atoms with Crippen LogP contribution < -0.4 is 0 Å². The van der Waals surface area contributed by atoms with Gasteiger partial charge in [0.2, 0.25) is 5.91 Å². The number of aliphatic carboxylic acids is 1. The SMILES string of the molecule is CCCCC[C@@](C)(O)C=CC1CCC(=O)N1CCSCCCC(=O)O. The van der Waals surface area contributed by atoms with Crippen molar-refractivity contribution in [1.82, 2.24) is 4.90 Å². The van der Waals surface area contributed by atoms with Gasteiger partial charge in [0, 0.05) is 25.1 Å². The summed E-state index contributed by atoms with van der Waals surface area (Å²) in [6.07, 6.45) is 10.1. The van der Waals surface area contributed by atoms with Crippen molar-refractivity contribution in [2.75, 3.05) is 18.1 Å². The Labute approximate surface area is 155 Å². The molecule has 0 aromatic carbocycles. The smallest absolute Gasteiger partial charge is 0.303 e. The van der Waals surface area contributed by atoms with Gasteiger partial charge < -0.3 is 15.1 Å². The summed E-state index contributed by atoms with van der Waals surface area (Å²) in [4.78, 5) is 24.4. The Morgan fingerprint density at radius 3 is 2.80 bits per heavy atom. The molecule has 0 aliphatic carbocycles. The van der Waals surface area contributed by atoms with E-state index in [-0.39, 0.29) is 18.4 Å². The Morgan fingerprint density at radius 2 is 2.12 bits per heavy atom. The van der Waals surface area contributed by atoms with E-state index in [1.165, 1.54) is 0 Å². The van der Waals surface area contributed by atoms with Crippen LogP contribution in [0.2, 0.25) is 0 Å². The molecule has 0 aromatic heterocycles. The Kier molecular flexibility index (Phi) is 10.2. The fourth-order valence-corrected chi connectivity index (χ4v) is 3.85. The highest BCUT2D eigenvalue weighted by molar-refractivity contribution is 7.99. The van der Waals surface area contributed by atoms with Gasteiger partial charge in [-0.25, -0.2) is 0 Å². The highest BCUT2D eigenvalue weighted by atomic mass is 32.2. The summed E-state index contributed by atoms with van der Waals surface area (Å²) in [6.45, 7) is 4.66. The van der Waals surface area contributed by atoms with E-state index in [2.05, 4.69) is 6.92 Å². The van der Waals surface area contributed by atoms with E-state index in [9.17, 15) is 14.7 Å². The molecule has 0 saturated carbocycles. The second-order valence-electron chi connectivity index (χ2n) is 6.98. The van der Waals surface area contributed by atoms with E-state index in [4.69, 9.17) is 5.11 Å². The van der Waals surface area contributed by atoms with Gasteiger partial charge in [-0.15, -0.1) is 0 Å². The summed E-state index contributed by atoms with van der Waals surface area (Å²) >= 11 is 1.69. The maximum absolute atomic E-state index is 12.1. The summed E-state index contributed by atoms with van der Waals surface area (Å²) < 4.78 is 0. The molecule has 0 bridgehead atoms. The van der Waals surface area contributed by atoms with Crippen LogP contribution in [0.5, 0.6) is 0 Å². The molecule has 144 valence electrons. The van der Waals surface area contributed by atoms with Crippen molar-refractivity contribution in [2.45, 2.75) is 76.9 Å². The molecule has 5 nitrogen and oxygen atoms in total. The number of nitrogens with zero attached hydrogens (tertiary/aromatic N) is 1. The summed E-state index contributed by atoms with van der Waals surface area (Å²) in [5.74, 6) is 1.04. The molecule has 1 rings (SSSR count). The van der Waals surface area contributed by atoms with Gasteiger partial charge in [0.25, 0.3) is 0 Å². The zero-order chi connectivity index (χ0) is 18.7. The van der Waals surface area contributed by atoms with Crippen molar-refractivity contribution < 1.29 is 19.8 Å². The average Bonchev–Trinajstić information content (AvgIpc) is 2.89. The lowest BCUT2D eigenvalue weighted by atomic mass is 9.97. The largest absolute Gasteiger partial charge is 0.481 e. The molecule has 1 unspecified atom stereocenters. The lowest BCUT2D eigenvalue weighted by Gasteiger charge is -2.24. The summed E-state index contributed by atoms with van der Waals surface area (Å²) in [5, 5.41) is 19.0. The standard InChI is InChI=1S/C19H33NO4S/c1-3-4-5-11-19(2,24)12-10-16-8-9-17(21)20(16)13-15-25-14-6-7-18(22)23/h10,12,16,24H,3-9,11,13-15H2,1-2H3,(H,22,23)/t16?,19-/m1/s1. The molecule has 1 amide bonds. The second-order valence-corrected chi connectivity index (χ2v) is 8.20. The Morgan fingerprint density at radius 1 is 1.36 bits per heavy atom. The van der Waals surface area contributed by atoms with Crippen LogP contribution in [-0.4, -0.2) is 56.7 Å². The maximum Gasteiger partial charge on any atom is 0.303 e. The van der Waals surface area contributed by atoms with Crippen LogP contribution in [0.1, 0.15) is 65.2 Å². The molecule has 6 heteroatoms. The van der Waals surface area contributed by atoms with E-state index in [1.807, 2.05) is 24.0 Å². The van der Waals surface area contributed by atoms with Gasteiger partial charge >= 0.3 is 5.97 Å². The number of carboxylic acid groups (broad SMARTS) is 1. The van der Waals surface area contributed by atoms with Gasteiger partial charge in [-0.3, -0.25) is 9.59 Å². The van der Waals surface area contributed by atoms with Gasteiger partial charge in [-0.1, -0.05) is 38.3 Å². The summed E-state index contributed by atoms with van der Waals surface area (Å²) in [7, 11) is 0. The molecular formula is C19H33NO4S. The van der Waals surface area contributed by atoms with Crippen LogP contribution in [0, 0.1) is 0 Å². The molecule has 1 heterocycles. The molecule has 0 spiro atoms. The zero-order valence-electron chi connectivity index (χ0n) is 15.6. The van der Waals surface area contributed by atoms with Gasteiger partial charge in [-0.05, 0) is 31.9 Å². The molecule has 0 aromatic rings. The Bertz CT molecular complexity index is 451. The van der Waals surface area contributed by atoms with Crippen molar-refractivity contribution in [3.63, 3.8) is 0 Å². The van der Waals surface area contributed by atoms with E-state index in [0.29, 0.717) is 19.4 Å². The quantitative estimate of drug-likeness (QED) is 0.383. The highest BCUT2D eigenvalue weighted by Crippen LogP contribution is 2.23. The van der Waals surface area contributed by atoms with E-state index >= 15 is 0 Å². The van der Waals surface area contributed by atoms with E-state index in [0.717, 1.165) is 43.6 Å². The van der Waals surface area contributed by atoms with E-state index in [1.54, 1.807) is 11.8 Å². The summed E-state index contributed by atoms with van der Waals surface area (Å²) in [6, 6.07) is 0.0739. The maximum atomic E-state index is 12.1. The van der Waals surface area contributed by atoms with Gasteiger partial charge in [-0.2, -0.15) is 11.8 Å². The van der Waals surface area contributed by atoms with Crippen LogP contribution in [0.15, 0.2) is 12.2 Å². The number of hydrogen-bond acceptors (Lipinski definition) is 4. The third-order valence-electron chi connectivity index (χ3n) is 4.49. The number of carbonyl (C=O) groups excluding carboxylic acids is 1. The first-order valence-electron chi connectivity index (χ1n) is 9.36. The number of amides is 1. The lowest BCUT2D eigenvalue weighted by molar-refractivity contribution is -0.137. The second kappa shape index (κ2) is 11.6. The van der Waals surface area contributed by atoms with Gasteiger partial charge in [0.1, 0.15) is 0 Å².